The normalized spacial score (nSPS) is 14.1. The zero-order valence-corrected chi connectivity index (χ0v) is 20.9. The van der Waals surface area contributed by atoms with Gasteiger partial charge in [0, 0.05) is 53.5 Å². The maximum atomic E-state index is 6.20. The SMILES string of the molecule is Clc1ncn(CCCc2nc(Nc3ccc4[nH]c5ccccc5c4c3)nc(N3CCOCC3)n2)c1Cl. The van der Waals surface area contributed by atoms with Crippen molar-refractivity contribution in [3.8, 4) is 0 Å². The van der Waals surface area contributed by atoms with Gasteiger partial charge in [-0.3, -0.25) is 0 Å². The predicted octanol–water partition coefficient (Wildman–Crippen LogP) is 5.22. The van der Waals surface area contributed by atoms with Crippen molar-refractivity contribution in [3.63, 3.8) is 0 Å². The van der Waals surface area contributed by atoms with Gasteiger partial charge in [0.25, 0.3) is 0 Å². The monoisotopic (exact) mass is 522 g/mol. The molecule has 0 bridgehead atoms. The Kier molecular flexibility index (Phi) is 6.35. The van der Waals surface area contributed by atoms with Crippen LogP contribution in [0.4, 0.5) is 17.6 Å². The van der Waals surface area contributed by atoms with E-state index in [1.807, 2.05) is 22.8 Å². The lowest BCUT2D eigenvalue weighted by molar-refractivity contribution is 0.122. The highest BCUT2D eigenvalue weighted by molar-refractivity contribution is 6.40. The molecule has 6 rings (SSSR count). The molecule has 36 heavy (non-hydrogen) atoms. The van der Waals surface area contributed by atoms with Crippen molar-refractivity contribution in [3.05, 3.63) is 64.9 Å². The Bertz CT molecular complexity index is 1530. The average Bonchev–Trinajstić information content (AvgIpc) is 3.44. The number of aromatic amines is 1. The van der Waals surface area contributed by atoms with Gasteiger partial charge in [0.05, 0.1) is 19.5 Å². The Labute approximate surface area is 217 Å². The van der Waals surface area contributed by atoms with Gasteiger partial charge in [0.2, 0.25) is 11.9 Å². The van der Waals surface area contributed by atoms with Gasteiger partial charge in [0.1, 0.15) is 11.0 Å². The molecular formula is C25H24Cl2N8O. The summed E-state index contributed by atoms with van der Waals surface area (Å²) in [5.74, 6) is 1.89. The largest absolute Gasteiger partial charge is 0.378 e. The third kappa shape index (κ3) is 4.69. The fourth-order valence-corrected chi connectivity index (χ4v) is 4.77. The molecule has 9 nitrogen and oxygen atoms in total. The van der Waals surface area contributed by atoms with Crippen molar-refractivity contribution in [2.24, 2.45) is 0 Å². The molecule has 1 saturated heterocycles. The molecule has 0 radical (unpaired) electrons. The van der Waals surface area contributed by atoms with Gasteiger partial charge in [-0.05, 0) is 30.7 Å². The van der Waals surface area contributed by atoms with Gasteiger partial charge >= 0.3 is 0 Å². The molecule has 0 saturated carbocycles. The fourth-order valence-electron chi connectivity index (χ4n) is 4.44. The summed E-state index contributed by atoms with van der Waals surface area (Å²) in [6.07, 6.45) is 3.08. The van der Waals surface area contributed by atoms with Gasteiger partial charge in [-0.25, -0.2) is 4.98 Å². The van der Waals surface area contributed by atoms with Gasteiger partial charge in [-0.2, -0.15) is 15.0 Å². The zero-order valence-electron chi connectivity index (χ0n) is 19.4. The number of rotatable bonds is 7. The number of fused-ring (bicyclic) bond motifs is 3. The molecule has 1 aliphatic heterocycles. The number of halogens is 2. The molecule has 0 atom stereocenters. The van der Waals surface area contributed by atoms with E-state index in [1.54, 1.807) is 6.33 Å². The number of H-pyrrole nitrogens is 1. The Morgan fingerprint density at radius 1 is 0.972 bits per heavy atom. The van der Waals surface area contributed by atoms with Crippen LogP contribution in [0, 0.1) is 0 Å². The minimum absolute atomic E-state index is 0.310. The molecule has 5 aromatic rings. The number of ether oxygens (including phenoxy) is 1. The standard InChI is InChI=1S/C25H24Cl2N8O/c26-22-23(27)35(15-28-22)9-3-6-21-31-24(33-25(32-21)34-10-12-36-13-11-34)29-16-7-8-20-18(14-16)17-4-1-2-5-19(17)30-20/h1-2,4-5,7-8,14-15,30H,3,6,9-13H2,(H,29,31,32,33). The third-order valence-corrected chi connectivity index (χ3v) is 7.03. The number of nitrogens with one attached hydrogen (secondary N) is 2. The van der Waals surface area contributed by atoms with Crippen molar-refractivity contribution in [2.75, 3.05) is 36.5 Å². The fraction of sp³-hybridized carbons (Fsp3) is 0.280. The van der Waals surface area contributed by atoms with Crippen molar-refractivity contribution in [2.45, 2.75) is 19.4 Å². The first-order valence-electron chi connectivity index (χ1n) is 11.9. The summed E-state index contributed by atoms with van der Waals surface area (Å²) in [4.78, 5) is 23.9. The quantitative estimate of drug-likeness (QED) is 0.302. The van der Waals surface area contributed by atoms with E-state index < -0.39 is 0 Å². The highest BCUT2D eigenvalue weighted by Crippen LogP contribution is 2.29. The minimum atomic E-state index is 0.310. The number of para-hydroxylation sites is 1. The Morgan fingerprint density at radius 2 is 1.81 bits per heavy atom. The summed E-state index contributed by atoms with van der Waals surface area (Å²) in [6.45, 7) is 3.46. The number of nitrogens with zero attached hydrogens (tertiary/aromatic N) is 6. The number of aryl methyl sites for hydroxylation is 2. The summed E-state index contributed by atoms with van der Waals surface area (Å²) in [6, 6.07) is 14.5. The summed E-state index contributed by atoms with van der Waals surface area (Å²) in [5, 5.41) is 6.48. The summed E-state index contributed by atoms with van der Waals surface area (Å²) < 4.78 is 7.33. The molecule has 0 amide bonds. The summed E-state index contributed by atoms with van der Waals surface area (Å²) in [5.41, 5.74) is 3.11. The van der Waals surface area contributed by atoms with E-state index >= 15 is 0 Å². The van der Waals surface area contributed by atoms with E-state index in [0.717, 1.165) is 41.6 Å². The molecule has 4 heterocycles. The summed E-state index contributed by atoms with van der Waals surface area (Å²) >= 11 is 12.2. The van der Waals surface area contributed by atoms with Crippen LogP contribution >= 0.6 is 23.2 Å². The molecule has 11 heteroatoms. The van der Waals surface area contributed by atoms with Crippen molar-refractivity contribution in [1.82, 2.24) is 29.5 Å². The second kappa shape index (κ2) is 9.93. The molecule has 2 N–H and O–H groups in total. The first kappa shape index (κ1) is 23.0. The Balaban J connectivity index is 1.27. The molecule has 1 fully saturated rings. The van der Waals surface area contributed by atoms with Crippen LogP contribution in [0.1, 0.15) is 12.2 Å². The van der Waals surface area contributed by atoms with E-state index in [0.29, 0.717) is 54.2 Å². The number of hydrogen-bond donors (Lipinski definition) is 2. The van der Waals surface area contributed by atoms with Crippen molar-refractivity contribution in [1.29, 1.82) is 0 Å². The van der Waals surface area contributed by atoms with Crippen LogP contribution in [-0.2, 0) is 17.7 Å². The second-order valence-electron chi connectivity index (χ2n) is 8.65. The topological polar surface area (TPSA) is 96.8 Å². The number of benzene rings is 2. The van der Waals surface area contributed by atoms with E-state index in [1.165, 1.54) is 5.39 Å². The van der Waals surface area contributed by atoms with Gasteiger partial charge in [0.15, 0.2) is 5.15 Å². The number of hydrogen-bond acceptors (Lipinski definition) is 7. The lowest BCUT2D eigenvalue weighted by Crippen LogP contribution is -2.37. The van der Waals surface area contributed by atoms with E-state index in [2.05, 4.69) is 44.5 Å². The predicted molar refractivity (Wildman–Crippen MR) is 143 cm³/mol. The molecule has 2 aromatic carbocycles. The van der Waals surface area contributed by atoms with Crippen LogP contribution in [-0.4, -0.2) is 55.8 Å². The number of anilines is 3. The van der Waals surface area contributed by atoms with Crippen LogP contribution in [0.3, 0.4) is 0 Å². The first-order chi connectivity index (χ1) is 17.6. The maximum absolute atomic E-state index is 6.20. The molecule has 0 spiro atoms. The number of imidazole rings is 1. The Hall–Kier alpha value is -3.40. The van der Waals surface area contributed by atoms with Crippen molar-refractivity contribution < 1.29 is 4.74 Å². The van der Waals surface area contributed by atoms with Gasteiger partial charge < -0.3 is 24.5 Å². The molecule has 3 aromatic heterocycles. The van der Waals surface area contributed by atoms with Gasteiger partial charge in [-0.15, -0.1) is 0 Å². The van der Waals surface area contributed by atoms with Crippen LogP contribution in [0.2, 0.25) is 10.3 Å². The summed E-state index contributed by atoms with van der Waals surface area (Å²) in [7, 11) is 0. The number of aromatic nitrogens is 6. The highest BCUT2D eigenvalue weighted by Gasteiger charge is 2.17. The van der Waals surface area contributed by atoms with Crippen LogP contribution in [0.25, 0.3) is 21.8 Å². The molecule has 1 aliphatic rings. The smallest absolute Gasteiger partial charge is 0.232 e. The van der Waals surface area contributed by atoms with Crippen LogP contribution < -0.4 is 10.2 Å². The lowest BCUT2D eigenvalue weighted by Gasteiger charge is -2.27. The highest BCUT2D eigenvalue weighted by atomic mass is 35.5. The molecule has 0 unspecified atom stereocenters. The van der Waals surface area contributed by atoms with E-state index in [9.17, 15) is 0 Å². The minimum Gasteiger partial charge on any atom is -0.378 e. The van der Waals surface area contributed by atoms with E-state index in [4.69, 9.17) is 42.9 Å². The second-order valence-corrected chi connectivity index (χ2v) is 9.37. The maximum Gasteiger partial charge on any atom is 0.232 e. The van der Waals surface area contributed by atoms with Crippen LogP contribution in [0.5, 0.6) is 0 Å². The van der Waals surface area contributed by atoms with Gasteiger partial charge in [-0.1, -0.05) is 41.4 Å². The number of morpholine rings is 1. The molecule has 184 valence electrons. The third-order valence-electron chi connectivity index (χ3n) is 6.26. The van der Waals surface area contributed by atoms with Crippen LogP contribution in [0.15, 0.2) is 48.8 Å². The Morgan fingerprint density at radius 3 is 2.64 bits per heavy atom. The zero-order chi connectivity index (χ0) is 24.5. The lowest BCUT2D eigenvalue weighted by atomic mass is 10.1. The molecule has 0 aliphatic carbocycles. The average molecular weight is 523 g/mol. The van der Waals surface area contributed by atoms with E-state index in [-0.39, 0.29) is 0 Å². The van der Waals surface area contributed by atoms with Crippen molar-refractivity contribution >= 4 is 62.6 Å². The first-order valence-corrected chi connectivity index (χ1v) is 12.6. The molecular weight excluding hydrogens is 499 g/mol.